The van der Waals surface area contributed by atoms with Gasteiger partial charge in [-0.3, -0.25) is 19.5 Å². The van der Waals surface area contributed by atoms with E-state index in [1.807, 2.05) is 49.3 Å². The molecule has 0 bridgehead atoms. The van der Waals surface area contributed by atoms with E-state index in [1.54, 1.807) is 26.4 Å². The second-order valence-corrected chi connectivity index (χ2v) is 17.0. The Morgan fingerprint density at radius 3 is 2.48 bits per heavy atom. The van der Waals surface area contributed by atoms with Gasteiger partial charge < -0.3 is 20.1 Å². The van der Waals surface area contributed by atoms with Crippen molar-refractivity contribution in [3.63, 3.8) is 0 Å². The van der Waals surface area contributed by atoms with Crippen LogP contribution in [0, 0.1) is 23.5 Å². The molecule has 13 heteroatoms. The zero-order valence-corrected chi connectivity index (χ0v) is 31.4. The quantitative estimate of drug-likeness (QED) is 0.178. The second kappa shape index (κ2) is 12.2. The van der Waals surface area contributed by atoms with E-state index < -0.39 is 28.0 Å². The van der Waals surface area contributed by atoms with Crippen LogP contribution in [0.2, 0.25) is 5.02 Å². The van der Waals surface area contributed by atoms with Crippen molar-refractivity contribution >= 4 is 51.6 Å². The van der Waals surface area contributed by atoms with Crippen molar-refractivity contribution < 1.29 is 18.4 Å². The Kier molecular flexibility index (Phi) is 8.18. The van der Waals surface area contributed by atoms with Crippen LogP contribution in [0.1, 0.15) is 96.2 Å². The van der Waals surface area contributed by atoms with Gasteiger partial charge in [-0.05, 0) is 111 Å². The molecule has 2 saturated carbocycles. The summed E-state index contributed by atoms with van der Waals surface area (Å²) in [5.41, 5.74) is 2.54. The van der Waals surface area contributed by atoms with E-state index in [2.05, 4.69) is 27.4 Å². The Morgan fingerprint density at radius 1 is 1.04 bits per heavy atom. The van der Waals surface area contributed by atoms with Crippen LogP contribution in [0.5, 0.6) is 0 Å². The molecule has 2 aliphatic carbocycles. The van der Waals surface area contributed by atoms with Crippen LogP contribution >= 0.6 is 11.6 Å². The number of halogens is 3. The number of pyridine rings is 2. The standard InChI is InChI=1S/C39H45ClF2N8O2/c1-19(2)45-36(51)25-12-27(31(41)32(42)30(25)40)47-35-33-28(44-18-49(33)20(3)4)13-26(46-35)22-11-29-34(43-16-22)38(5,6)37(52)50(29)24-14-39(7,15-24)48-9-8-21-10-23(21)17-48/h11-13,16,18-21,23-24H,8-10,14-15,17H2,1-7H3,(H,45,51)(H,46,47)/t21?,23-,24?,39?/m1/s1. The molecule has 52 heavy (non-hydrogen) atoms. The van der Waals surface area contributed by atoms with Crippen molar-refractivity contribution in [3.8, 4) is 11.3 Å². The molecule has 3 fully saturated rings. The smallest absolute Gasteiger partial charge is 0.253 e. The number of imidazole rings is 1. The van der Waals surface area contributed by atoms with Gasteiger partial charge in [-0.1, -0.05) is 11.6 Å². The summed E-state index contributed by atoms with van der Waals surface area (Å²) in [5.74, 6) is -1.22. The molecule has 1 saturated heterocycles. The summed E-state index contributed by atoms with van der Waals surface area (Å²) in [6, 6.07) is 4.76. The van der Waals surface area contributed by atoms with Gasteiger partial charge in [0.15, 0.2) is 17.5 Å². The molecule has 274 valence electrons. The lowest BCUT2D eigenvalue weighted by molar-refractivity contribution is -0.124. The van der Waals surface area contributed by atoms with E-state index >= 15 is 8.78 Å². The molecular weight excluding hydrogens is 686 g/mol. The Morgan fingerprint density at radius 2 is 1.79 bits per heavy atom. The van der Waals surface area contributed by atoms with Crippen molar-refractivity contribution in [2.45, 2.75) is 103 Å². The fourth-order valence-electron chi connectivity index (χ4n) is 8.62. The van der Waals surface area contributed by atoms with E-state index in [9.17, 15) is 9.59 Å². The van der Waals surface area contributed by atoms with Crippen molar-refractivity contribution in [2.75, 3.05) is 23.3 Å². The lowest BCUT2D eigenvalue weighted by atomic mass is 9.71. The number of amides is 2. The van der Waals surface area contributed by atoms with Crippen LogP contribution in [-0.4, -0.2) is 66.9 Å². The highest BCUT2D eigenvalue weighted by molar-refractivity contribution is 6.34. The van der Waals surface area contributed by atoms with Gasteiger partial charge in [0, 0.05) is 42.0 Å². The van der Waals surface area contributed by atoms with Crippen molar-refractivity contribution in [2.24, 2.45) is 11.8 Å². The average molecular weight is 731 g/mol. The third-order valence-electron chi connectivity index (χ3n) is 11.7. The van der Waals surface area contributed by atoms with Crippen molar-refractivity contribution in [1.29, 1.82) is 0 Å². The summed E-state index contributed by atoms with van der Waals surface area (Å²) >= 11 is 6.12. The maximum atomic E-state index is 15.5. The maximum absolute atomic E-state index is 15.5. The fourth-order valence-corrected chi connectivity index (χ4v) is 8.84. The summed E-state index contributed by atoms with van der Waals surface area (Å²) in [4.78, 5) is 46.0. The third kappa shape index (κ3) is 5.55. The first-order valence-corrected chi connectivity index (χ1v) is 18.7. The highest BCUT2D eigenvalue weighted by Crippen LogP contribution is 2.53. The summed E-state index contributed by atoms with van der Waals surface area (Å²) in [5, 5.41) is 5.05. The van der Waals surface area contributed by atoms with Gasteiger partial charge in [0.05, 0.1) is 50.6 Å². The van der Waals surface area contributed by atoms with Crippen LogP contribution < -0.4 is 15.5 Å². The van der Waals surface area contributed by atoms with Gasteiger partial charge in [-0.25, -0.2) is 18.7 Å². The number of likely N-dealkylation sites (tertiary alicyclic amines) is 1. The number of rotatable bonds is 8. The molecule has 2 amide bonds. The molecule has 3 aromatic heterocycles. The monoisotopic (exact) mass is 730 g/mol. The zero-order chi connectivity index (χ0) is 37.0. The van der Waals surface area contributed by atoms with E-state index in [4.69, 9.17) is 21.6 Å². The summed E-state index contributed by atoms with van der Waals surface area (Å²) < 4.78 is 32.6. The van der Waals surface area contributed by atoms with Crippen molar-refractivity contribution in [3.05, 3.63) is 58.6 Å². The average Bonchev–Trinajstić information content (AvgIpc) is 3.68. The SMILES string of the molecule is CC(C)NC(=O)c1cc(Nc2nc(-c3cnc4c(c3)N(C3CC(C)(N5CCC6C[C@@H]6C5)C3)C(=O)C4(C)C)cc3ncn(C(C)C)c23)c(F)c(F)c1Cl. The van der Waals surface area contributed by atoms with Gasteiger partial charge in [0.25, 0.3) is 5.91 Å². The molecule has 0 radical (unpaired) electrons. The number of nitrogens with one attached hydrogen (secondary N) is 2. The summed E-state index contributed by atoms with van der Waals surface area (Å²) in [6.45, 7) is 16.0. The number of aromatic nitrogens is 4. The molecule has 5 heterocycles. The number of nitrogens with zero attached hydrogens (tertiary/aromatic N) is 6. The first kappa shape index (κ1) is 34.9. The van der Waals surface area contributed by atoms with E-state index in [1.165, 1.54) is 18.9 Å². The number of hydrogen-bond acceptors (Lipinski definition) is 7. The molecule has 8 rings (SSSR count). The Balaban J connectivity index is 1.17. The Labute approximate surface area is 307 Å². The van der Waals surface area contributed by atoms with Crippen LogP contribution in [0.15, 0.2) is 30.7 Å². The molecule has 2 aliphatic heterocycles. The van der Waals surface area contributed by atoms with Crippen LogP contribution in [0.25, 0.3) is 22.3 Å². The largest absolute Gasteiger partial charge is 0.350 e. The minimum atomic E-state index is -1.34. The zero-order valence-electron chi connectivity index (χ0n) is 30.6. The lowest BCUT2D eigenvalue weighted by Crippen LogP contribution is -2.64. The molecular formula is C39H45ClF2N8O2. The predicted octanol–water partition coefficient (Wildman–Crippen LogP) is 7.77. The van der Waals surface area contributed by atoms with Gasteiger partial charge in [-0.2, -0.15) is 0 Å². The molecule has 2 atom stereocenters. The number of fused-ring (bicyclic) bond motifs is 3. The Bertz CT molecular complexity index is 2140. The third-order valence-corrected chi connectivity index (χ3v) is 12.1. The van der Waals surface area contributed by atoms with Gasteiger partial charge >= 0.3 is 0 Å². The second-order valence-electron chi connectivity index (χ2n) is 16.6. The predicted molar refractivity (Wildman–Crippen MR) is 198 cm³/mol. The molecule has 4 aliphatic rings. The van der Waals surface area contributed by atoms with Crippen LogP contribution in [0.3, 0.4) is 0 Å². The molecule has 1 unspecified atom stereocenters. The van der Waals surface area contributed by atoms with E-state index in [-0.39, 0.29) is 46.6 Å². The number of carbonyl (C=O) groups excluding carboxylic acids is 2. The first-order valence-electron chi connectivity index (χ1n) is 18.3. The molecule has 2 N–H and O–H groups in total. The minimum absolute atomic E-state index is 0.0374. The molecule has 10 nitrogen and oxygen atoms in total. The highest BCUT2D eigenvalue weighted by Gasteiger charge is 2.56. The minimum Gasteiger partial charge on any atom is -0.350 e. The van der Waals surface area contributed by atoms with Gasteiger partial charge in [0.2, 0.25) is 5.91 Å². The number of piperidine rings is 1. The summed E-state index contributed by atoms with van der Waals surface area (Å²) in [6.07, 6.45) is 7.82. The lowest BCUT2D eigenvalue weighted by Gasteiger charge is -2.55. The van der Waals surface area contributed by atoms with E-state index in [0.717, 1.165) is 49.1 Å². The number of carbonyl (C=O) groups is 2. The summed E-state index contributed by atoms with van der Waals surface area (Å²) in [7, 11) is 0. The molecule has 4 aromatic rings. The normalized spacial score (nSPS) is 25.0. The van der Waals surface area contributed by atoms with Crippen LogP contribution in [-0.2, 0) is 10.2 Å². The van der Waals surface area contributed by atoms with Crippen LogP contribution in [0.4, 0.5) is 26.0 Å². The van der Waals surface area contributed by atoms with E-state index in [0.29, 0.717) is 22.3 Å². The Hall–Kier alpha value is -4.16. The molecule has 1 aromatic carbocycles. The topological polar surface area (TPSA) is 108 Å². The fraction of sp³-hybridized carbons (Fsp3) is 0.513. The van der Waals surface area contributed by atoms with Crippen molar-refractivity contribution in [1.82, 2.24) is 29.7 Å². The highest BCUT2D eigenvalue weighted by atomic mass is 35.5. The number of hydrogen-bond donors (Lipinski definition) is 2. The van der Waals surface area contributed by atoms with Gasteiger partial charge in [-0.15, -0.1) is 0 Å². The number of anilines is 3. The van der Waals surface area contributed by atoms with Gasteiger partial charge in [0.1, 0.15) is 5.52 Å². The first-order chi connectivity index (χ1) is 24.6. The number of benzene rings is 1. The maximum Gasteiger partial charge on any atom is 0.253 e. The molecule has 0 spiro atoms.